The Morgan fingerprint density at radius 3 is 2.48 bits per heavy atom. The van der Waals surface area contributed by atoms with Crippen LogP contribution in [0.5, 0.6) is 0 Å². The molecule has 0 bridgehead atoms. The fourth-order valence-corrected chi connectivity index (χ4v) is 3.76. The van der Waals surface area contributed by atoms with Gasteiger partial charge in [-0.3, -0.25) is 9.59 Å². The van der Waals surface area contributed by atoms with Gasteiger partial charge in [-0.1, -0.05) is 13.8 Å². The molecule has 2 N–H and O–H groups in total. The zero-order chi connectivity index (χ0) is 16.2. The van der Waals surface area contributed by atoms with Gasteiger partial charge in [-0.25, -0.2) is 0 Å². The number of piperidine rings is 1. The molecule has 1 fully saturated rings. The van der Waals surface area contributed by atoms with Crippen molar-refractivity contribution in [1.82, 2.24) is 9.03 Å². The van der Waals surface area contributed by atoms with Crippen molar-refractivity contribution in [3.8, 4) is 0 Å². The Labute approximate surface area is 124 Å². The first-order valence-electron chi connectivity index (χ1n) is 6.77. The molecule has 0 saturated carbocycles. The van der Waals surface area contributed by atoms with Gasteiger partial charge in [0, 0.05) is 13.1 Å². The van der Waals surface area contributed by atoms with E-state index in [9.17, 15) is 18.0 Å². The summed E-state index contributed by atoms with van der Waals surface area (Å²) in [5.74, 6) is -2.68. The number of nitrogens with one attached hydrogen (secondary N) is 1. The first-order chi connectivity index (χ1) is 9.69. The summed E-state index contributed by atoms with van der Waals surface area (Å²) in [7, 11) is -2.74. The lowest BCUT2D eigenvalue weighted by Crippen LogP contribution is -2.53. The van der Waals surface area contributed by atoms with E-state index in [1.165, 1.54) is 7.11 Å². The van der Waals surface area contributed by atoms with E-state index in [1.54, 1.807) is 13.8 Å². The monoisotopic (exact) mass is 322 g/mol. The van der Waals surface area contributed by atoms with Crippen molar-refractivity contribution in [2.45, 2.75) is 32.7 Å². The topological polar surface area (TPSA) is 113 Å². The molecule has 122 valence electrons. The van der Waals surface area contributed by atoms with E-state index in [2.05, 4.69) is 9.46 Å². The standard InChI is InChI=1S/C12H22N2O6S/c1-8(2)10(12(17)20-3)13-21(18,19)14-6-4-5-9(7-14)11(15)16/h8-10,13H,4-7H2,1-3H3,(H,15,16)/t9?,10-/m0/s1. The fourth-order valence-electron chi connectivity index (χ4n) is 2.18. The summed E-state index contributed by atoms with van der Waals surface area (Å²) in [5, 5.41) is 9.00. The molecule has 1 saturated heterocycles. The molecule has 8 nitrogen and oxygen atoms in total. The van der Waals surface area contributed by atoms with Crippen LogP contribution in [0.4, 0.5) is 0 Å². The third kappa shape index (κ3) is 4.65. The predicted octanol–water partition coefficient (Wildman–Crippen LogP) is -0.185. The second kappa shape index (κ2) is 7.19. The molecule has 1 unspecified atom stereocenters. The third-order valence-corrected chi connectivity index (χ3v) is 5.03. The van der Waals surface area contributed by atoms with Gasteiger partial charge in [0.1, 0.15) is 6.04 Å². The minimum Gasteiger partial charge on any atom is -0.481 e. The summed E-state index contributed by atoms with van der Waals surface area (Å²) in [6.07, 6.45) is 0.925. The van der Waals surface area contributed by atoms with E-state index in [0.717, 1.165) is 4.31 Å². The van der Waals surface area contributed by atoms with Crippen molar-refractivity contribution >= 4 is 22.1 Å². The number of hydrogen-bond acceptors (Lipinski definition) is 5. The normalized spacial score (nSPS) is 22.0. The molecule has 1 rings (SSSR count). The molecule has 1 aliphatic heterocycles. The largest absolute Gasteiger partial charge is 0.481 e. The van der Waals surface area contributed by atoms with Gasteiger partial charge in [0.25, 0.3) is 10.2 Å². The Morgan fingerprint density at radius 2 is 2.00 bits per heavy atom. The molecule has 2 atom stereocenters. The van der Waals surface area contributed by atoms with Gasteiger partial charge in [-0.2, -0.15) is 17.4 Å². The lowest BCUT2D eigenvalue weighted by molar-refractivity contribution is -0.144. The fraction of sp³-hybridized carbons (Fsp3) is 0.833. The molecule has 1 heterocycles. The van der Waals surface area contributed by atoms with Crippen LogP contribution < -0.4 is 4.72 Å². The van der Waals surface area contributed by atoms with E-state index >= 15 is 0 Å². The molecule has 0 aromatic rings. The maximum absolute atomic E-state index is 12.3. The Bertz CT molecular complexity index is 490. The summed E-state index contributed by atoms with van der Waals surface area (Å²) >= 11 is 0. The number of ether oxygens (including phenoxy) is 1. The van der Waals surface area contributed by atoms with Gasteiger partial charge in [0.05, 0.1) is 13.0 Å². The lowest BCUT2D eigenvalue weighted by Gasteiger charge is -2.31. The summed E-state index contributed by atoms with van der Waals surface area (Å²) in [5.41, 5.74) is 0. The second-order valence-electron chi connectivity index (χ2n) is 5.40. The quantitative estimate of drug-likeness (QED) is 0.656. The van der Waals surface area contributed by atoms with Gasteiger partial charge in [0.15, 0.2) is 0 Å². The number of carboxylic acids is 1. The van der Waals surface area contributed by atoms with Crippen LogP contribution >= 0.6 is 0 Å². The average Bonchev–Trinajstić information content (AvgIpc) is 2.43. The zero-order valence-corrected chi connectivity index (χ0v) is 13.2. The number of carbonyl (C=O) groups excluding carboxylic acids is 1. The van der Waals surface area contributed by atoms with Crippen molar-refractivity contribution < 1.29 is 27.9 Å². The molecular formula is C12H22N2O6S. The molecule has 0 radical (unpaired) electrons. The van der Waals surface area contributed by atoms with Crippen LogP contribution in [0, 0.1) is 11.8 Å². The van der Waals surface area contributed by atoms with Crippen LogP contribution in [0.1, 0.15) is 26.7 Å². The van der Waals surface area contributed by atoms with Crippen molar-refractivity contribution in [3.05, 3.63) is 0 Å². The van der Waals surface area contributed by atoms with Crippen LogP contribution in [0.3, 0.4) is 0 Å². The van der Waals surface area contributed by atoms with Crippen molar-refractivity contribution in [2.75, 3.05) is 20.2 Å². The van der Waals surface area contributed by atoms with Crippen LogP contribution in [0.25, 0.3) is 0 Å². The van der Waals surface area contributed by atoms with Crippen LogP contribution in [0.15, 0.2) is 0 Å². The summed E-state index contributed by atoms with van der Waals surface area (Å²) in [4.78, 5) is 22.6. The molecule has 21 heavy (non-hydrogen) atoms. The zero-order valence-electron chi connectivity index (χ0n) is 12.4. The van der Waals surface area contributed by atoms with E-state index in [-0.39, 0.29) is 19.0 Å². The molecule has 1 aliphatic rings. The highest BCUT2D eigenvalue weighted by atomic mass is 32.2. The van der Waals surface area contributed by atoms with E-state index in [4.69, 9.17) is 5.11 Å². The number of carbonyl (C=O) groups is 2. The van der Waals surface area contributed by atoms with Gasteiger partial charge >= 0.3 is 11.9 Å². The van der Waals surface area contributed by atoms with Gasteiger partial charge in [-0.05, 0) is 18.8 Å². The SMILES string of the molecule is COC(=O)[C@@H](NS(=O)(=O)N1CCCC(C(=O)O)C1)C(C)C. The molecule has 0 aliphatic carbocycles. The first kappa shape index (κ1) is 17.9. The Morgan fingerprint density at radius 1 is 1.38 bits per heavy atom. The van der Waals surface area contributed by atoms with Crippen LogP contribution in [0.2, 0.25) is 0 Å². The molecule has 0 amide bonds. The van der Waals surface area contributed by atoms with Crippen molar-refractivity contribution in [1.29, 1.82) is 0 Å². The number of nitrogens with zero attached hydrogens (tertiary/aromatic N) is 1. The van der Waals surface area contributed by atoms with E-state index < -0.39 is 34.1 Å². The predicted molar refractivity (Wildman–Crippen MR) is 74.6 cm³/mol. The number of carboxylic acid groups (broad SMARTS) is 1. The minimum absolute atomic E-state index is 0.0867. The van der Waals surface area contributed by atoms with Gasteiger partial charge in [-0.15, -0.1) is 0 Å². The maximum atomic E-state index is 12.3. The third-order valence-electron chi connectivity index (χ3n) is 3.47. The van der Waals surface area contributed by atoms with Crippen molar-refractivity contribution in [2.24, 2.45) is 11.8 Å². The van der Waals surface area contributed by atoms with E-state index in [1.807, 2.05) is 0 Å². The highest BCUT2D eigenvalue weighted by Crippen LogP contribution is 2.19. The molecule has 0 aromatic carbocycles. The number of rotatable bonds is 6. The summed E-state index contributed by atoms with van der Waals surface area (Å²) < 4.78 is 32.6. The van der Waals surface area contributed by atoms with Gasteiger partial charge in [0.2, 0.25) is 0 Å². The minimum atomic E-state index is -3.93. The smallest absolute Gasteiger partial charge is 0.324 e. The summed E-state index contributed by atoms with van der Waals surface area (Å²) in [6, 6.07) is -0.995. The average molecular weight is 322 g/mol. The molecule has 0 aromatic heterocycles. The Hall–Kier alpha value is -1.19. The Kier molecular flexibility index (Phi) is 6.11. The van der Waals surface area contributed by atoms with E-state index in [0.29, 0.717) is 12.8 Å². The number of esters is 1. The lowest BCUT2D eigenvalue weighted by atomic mass is 10.0. The number of aliphatic carboxylic acids is 1. The number of hydrogen-bond donors (Lipinski definition) is 2. The van der Waals surface area contributed by atoms with Crippen LogP contribution in [-0.2, 0) is 24.5 Å². The maximum Gasteiger partial charge on any atom is 0.324 e. The molecule has 0 spiro atoms. The first-order valence-corrected chi connectivity index (χ1v) is 8.21. The molecule has 9 heteroatoms. The second-order valence-corrected chi connectivity index (χ2v) is 7.11. The highest BCUT2D eigenvalue weighted by Gasteiger charge is 2.36. The van der Waals surface area contributed by atoms with Gasteiger partial charge < -0.3 is 9.84 Å². The number of methoxy groups -OCH3 is 1. The Balaban J connectivity index is 2.84. The molecular weight excluding hydrogens is 300 g/mol. The van der Waals surface area contributed by atoms with Crippen LogP contribution in [-0.4, -0.2) is 56.0 Å². The van der Waals surface area contributed by atoms with Crippen molar-refractivity contribution in [3.63, 3.8) is 0 Å². The highest BCUT2D eigenvalue weighted by molar-refractivity contribution is 7.87. The summed E-state index contributed by atoms with van der Waals surface area (Å²) in [6.45, 7) is 3.54.